The predicted molar refractivity (Wildman–Crippen MR) is 125 cm³/mol. The number of carbonyl (C=O) groups excluding carboxylic acids is 1. The minimum absolute atomic E-state index is 0.0332. The molecule has 32 heavy (non-hydrogen) atoms. The second kappa shape index (κ2) is 10.1. The summed E-state index contributed by atoms with van der Waals surface area (Å²) < 4.78 is 39.4. The number of carbonyl (C=O) groups is 1. The molecule has 0 saturated carbocycles. The molecule has 0 saturated heterocycles. The van der Waals surface area contributed by atoms with E-state index in [1.165, 1.54) is 13.2 Å². The monoisotopic (exact) mass is 473 g/mol. The van der Waals surface area contributed by atoms with Crippen LogP contribution >= 0.6 is 11.6 Å². The fraction of sp³-hybridized carbons (Fsp3) is 0.208. The van der Waals surface area contributed by atoms with Gasteiger partial charge in [-0.25, -0.2) is 13.2 Å². The normalized spacial score (nSPS) is 11.3. The van der Waals surface area contributed by atoms with E-state index in [1.54, 1.807) is 54.6 Å². The van der Waals surface area contributed by atoms with E-state index in [-0.39, 0.29) is 23.1 Å². The number of sulfonamides is 1. The van der Waals surface area contributed by atoms with Gasteiger partial charge in [0.05, 0.1) is 23.3 Å². The van der Waals surface area contributed by atoms with Crippen LogP contribution in [0.3, 0.4) is 0 Å². The topological polar surface area (TPSA) is 81.7 Å². The molecule has 0 atom stereocenters. The maximum absolute atomic E-state index is 13.1. The Balaban J connectivity index is 1.83. The van der Waals surface area contributed by atoms with E-state index in [0.29, 0.717) is 16.3 Å². The standard InChI is InChI=1S/C24H24ClNO5S/c1-16(2)20-6-4-5-7-23(20)32(28,29)26-21-14-19(25)12-13-22(21)31-15-17-8-10-18(11-9-17)24(27)30-3/h4-14,16,26H,15H2,1-3H3. The summed E-state index contributed by atoms with van der Waals surface area (Å²) in [7, 11) is -2.55. The van der Waals surface area contributed by atoms with Gasteiger partial charge in [-0.15, -0.1) is 0 Å². The molecule has 0 aliphatic heterocycles. The Morgan fingerprint density at radius 1 is 1.03 bits per heavy atom. The number of rotatable bonds is 8. The van der Waals surface area contributed by atoms with Crippen molar-refractivity contribution in [2.45, 2.75) is 31.3 Å². The largest absolute Gasteiger partial charge is 0.487 e. The molecule has 3 rings (SSSR count). The minimum Gasteiger partial charge on any atom is -0.487 e. The number of methoxy groups -OCH3 is 1. The molecule has 0 aromatic heterocycles. The number of hydrogen-bond donors (Lipinski definition) is 1. The highest BCUT2D eigenvalue weighted by Crippen LogP contribution is 2.32. The van der Waals surface area contributed by atoms with Crippen molar-refractivity contribution in [2.24, 2.45) is 0 Å². The van der Waals surface area contributed by atoms with Crippen LogP contribution in [-0.2, 0) is 21.4 Å². The van der Waals surface area contributed by atoms with Crippen molar-refractivity contribution in [3.8, 4) is 5.75 Å². The molecule has 0 fully saturated rings. The lowest BCUT2D eigenvalue weighted by molar-refractivity contribution is 0.0600. The molecule has 0 spiro atoms. The van der Waals surface area contributed by atoms with Crippen LogP contribution < -0.4 is 9.46 Å². The molecule has 0 radical (unpaired) electrons. The fourth-order valence-electron chi connectivity index (χ4n) is 3.13. The third kappa shape index (κ3) is 5.60. The molecule has 0 heterocycles. The smallest absolute Gasteiger partial charge is 0.337 e. The molecule has 0 aliphatic carbocycles. The van der Waals surface area contributed by atoms with Gasteiger partial charge in [0.25, 0.3) is 10.0 Å². The SMILES string of the molecule is COC(=O)c1ccc(COc2ccc(Cl)cc2NS(=O)(=O)c2ccccc2C(C)C)cc1. The Kier molecular flexibility index (Phi) is 7.43. The van der Waals surface area contributed by atoms with E-state index in [4.69, 9.17) is 21.1 Å². The first-order valence-corrected chi connectivity index (χ1v) is 11.8. The summed E-state index contributed by atoms with van der Waals surface area (Å²) in [5, 5.41) is 0.370. The summed E-state index contributed by atoms with van der Waals surface area (Å²) in [6.45, 7) is 4.04. The Morgan fingerprint density at radius 2 is 1.72 bits per heavy atom. The lowest BCUT2D eigenvalue weighted by atomic mass is 10.0. The summed E-state index contributed by atoms with van der Waals surface area (Å²) in [5.41, 5.74) is 2.18. The van der Waals surface area contributed by atoms with Gasteiger partial charge in [-0.2, -0.15) is 0 Å². The Morgan fingerprint density at radius 3 is 2.38 bits per heavy atom. The molecule has 8 heteroatoms. The lowest BCUT2D eigenvalue weighted by Crippen LogP contribution is -2.16. The van der Waals surface area contributed by atoms with Gasteiger partial charge in [-0.05, 0) is 53.4 Å². The number of benzene rings is 3. The number of anilines is 1. The van der Waals surface area contributed by atoms with Crippen molar-refractivity contribution in [3.63, 3.8) is 0 Å². The highest BCUT2D eigenvalue weighted by atomic mass is 35.5. The molecule has 0 unspecified atom stereocenters. The summed E-state index contributed by atoms with van der Waals surface area (Å²) in [6, 6.07) is 18.4. The van der Waals surface area contributed by atoms with Crippen LogP contribution in [0.2, 0.25) is 5.02 Å². The van der Waals surface area contributed by atoms with Gasteiger partial charge in [0.1, 0.15) is 12.4 Å². The Bertz CT molecular complexity index is 1210. The van der Waals surface area contributed by atoms with Gasteiger partial charge in [0, 0.05) is 5.02 Å². The molecule has 1 N–H and O–H groups in total. The van der Waals surface area contributed by atoms with Gasteiger partial charge in [-0.1, -0.05) is 55.8 Å². The third-order valence-electron chi connectivity index (χ3n) is 4.79. The molecule has 0 aliphatic rings. The summed E-state index contributed by atoms with van der Waals surface area (Å²) in [5.74, 6) is -0.0589. The zero-order valence-electron chi connectivity index (χ0n) is 18.0. The summed E-state index contributed by atoms with van der Waals surface area (Å²) in [6.07, 6.45) is 0. The van der Waals surface area contributed by atoms with Gasteiger partial charge in [0.15, 0.2) is 0 Å². The zero-order valence-corrected chi connectivity index (χ0v) is 19.5. The molecule has 6 nitrogen and oxygen atoms in total. The van der Waals surface area contributed by atoms with Crippen LogP contribution in [0.4, 0.5) is 5.69 Å². The fourth-order valence-corrected chi connectivity index (χ4v) is 4.73. The van der Waals surface area contributed by atoms with Crippen molar-refractivity contribution >= 4 is 33.3 Å². The van der Waals surface area contributed by atoms with Crippen LogP contribution in [-0.4, -0.2) is 21.5 Å². The molecule has 3 aromatic carbocycles. The number of hydrogen-bond acceptors (Lipinski definition) is 5. The maximum Gasteiger partial charge on any atom is 0.337 e. The first-order valence-electron chi connectivity index (χ1n) is 9.92. The molecule has 0 bridgehead atoms. The number of nitrogens with one attached hydrogen (secondary N) is 1. The summed E-state index contributed by atoms with van der Waals surface area (Å²) in [4.78, 5) is 11.8. The van der Waals surface area contributed by atoms with Crippen molar-refractivity contribution in [1.29, 1.82) is 0 Å². The second-order valence-electron chi connectivity index (χ2n) is 7.42. The number of esters is 1. The van der Waals surface area contributed by atoms with Gasteiger partial charge >= 0.3 is 5.97 Å². The summed E-state index contributed by atoms with van der Waals surface area (Å²) >= 11 is 6.12. The Labute approximate surface area is 193 Å². The highest BCUT2D eigenvalue weighted by Gasteiger charge is 2.21. The molecule has 168 valence electrons. The average Bonchev–Trinajstić information content (AvgIpc) is 2.78. The van der Waals surface area contributed by atoms with Crippen LogP contribution in [0.15, 0.2) is 71.6 Å². The second-order valence-corrected chi connectivity index (χ2v) is 9.50. The van der Waals surface area contributed by atoms with Gasteiger partial charge in [0.2, 0.25) is 0 Å². The van der Waals surface area contributed by atoms with E-state index in [2.05, 4.69) is 4.72 Å². The van der Waals surface area contributed by atoms with E-state index >= 15 is 0 Å². The number of halogens is 1. The van der Waals surface area contributed by atoms with Crippen molar-refractivity contribution in [1.82, 2.24) is 0 Å². The first kappa shape index (κ1) is 23.6. The van der Waals surface area contributed by atoms with Crippen molar-refractivity contribution in [3.05, 3.63) is 88.4 Å². The third-order valence-corrected chi connectivity index (χ3v) is 6.46. The number of ether oxygens (including phenoxy) is 2. The average molecular weight is 474 g/mol. The predicted octanol–water partition coefficient (Wildman–Crippen LogP) is 5.63. The van der Waals surface area contributed by atoms with Crippen molar-refractivity contribution in [2.75, 3.05) is 11.8 Å². The molecule has 0 amide bonds. The minimum atomic E-state index is -3.87. The van der Waals surface area contributed by atoms with Crippen LogP contribution in [0.5, 0.6) is 5.75 Å². The lowest BCUT2D eigenvalue weighted by Gasteiger charge is -2.17. The Hall–Kier alpha value is -3.03. The maximum atomic E-state index is 13.1. The molecular weight excluding hydrogens is 450 g/mol. The van der Waals surface area contributed by atoms with Crippen LogP contribution in [0.1, 0.15) is 41.3 Å². The highest BCUT2D eigenvalue weighted by molar-refractivity contribution is 7.92. The van der Waals surface area contributed by atoms with Gasteiger partial charge in [-0.3, -0.25) is 4.72 Å². The molecule has 3 aromatic rings. The first-order chi connectivity index (χ1) is 15.2. The van der Waals surface area contributed by atoms with E-state index in [9.17, 15) is 13.2 Å². The van der Waals surface area contributed by atoms with Crippen LogP contribution in [0.25, 0.3) is 0 Å². The van der Waals surface area contributed by atoms with Gasteiger partial charge < -0.3 is 9.47 Å². The van der Waals surface area contributed by atoms with E-state index in [1.807, 2.05) is 19.9 Å². The van der Waals surface area contributed by atoms with Crippen LogP contribution in [0, 0.1) is 0 Å². The molecular formula is C24H24ClNO5S. The van der Waals surface area contributed by atoms with Crippen molar-refractivity contribution < 1.29 is 22.7 Å². The quantitative estimate of drug-likeness (QED) is 0.429. The van der Waals surface area contributed by atoms with E-state index < -0.39 is 16.0 Å². The zero-order chi connectivity index (χ0) is 23.3. The van der Waals surface area contributed by atoms with E-state index in [0.717, 1.165) is 11.1 Å².